The molecule has 0 spiro atoms. The number of nitrogens with zero attached hydrogens (tertiary/aromatic N) is 2. The molecule has 134 valence electrons. The van der Waals surface area contributed by atoms with Gasteiger partial charge in [0.15, 0.2) is 0 Å². The average molecular weight is 356 g/mol. The van der Waals surface area contributed by atoms with Gasteiger partial charge >= 0.3 is 0 Å². The fraction of sp³-hybridized carbons (Fsp3) is 0.174. The zero-order valence-corrected chi connectivity index (χ0v) is 15.1. The molecular formula is C23H20N2O2. The van der Waals surface area contributed by atoms with Gasteiger partial charge in [-0.3, -0.25) is 0 Å². The summed E-state index contributed by atoms with van der Waals surface area (Å²) in [6.07, 6.45) is 0.606. The summed E-state index contributed by atoms with van der Waals surface area (Å²) in [5.74, 6) is 1.74. The first-order valence-electron chi connectivity index (χ1n) is 9.14. The molecule has 0 N–H and O–H groups in total. The van der Waals surface area contributed by atoms with E-state index in [4.69, 9.17) is 14.6 Å². The highest BCUT2D eigenvalue weighted by atomic mass is 16.5. The fourth-order valence-electron chi connectivity index (χ4n) is 3.83. The molecule has 0 radical (unpaired) electrons. The van der Waals surface area contributed by atoms with E-state index in [2.05, 4.69) is 47.5 Å². The minimum Gasteiger partial charge on any atom is -0.497 e. The molecule has 2 atom stereocenters. The van der Waals surface area contributed by atoms with Gasteiger partial charge in [0.2, 0.25) is 6.23 Å². The van der Waals surface area contributed by atoms with Crippen LogP contribution in [-0.4, -0.2) is 17.8 Å². The molecule has 4 heteroatoms. The van der Waals surface area contributed by atoms with Gasteiger partial charge in [-0.2, -0.15) is 5.10 Å². The van der Waals surface area contributed by atoms with Crippen molar-refractivity contribution in [3.63, 3.8) is 0 Å². The largest absolute Gasteiger partial charge is 0.497 e. The van der Waals surface area contributed by atoms with Crippen LogP contribution < -0.4 is 9.47 Å². The summed E-state index contributed by atoms with van der Waals surface area (Å²) < 4.78 is 11.8. The summed E-state index contributed by atoms with van der Waals surface area (Å²) in [6.45, 7) is 0. The van der Waals surface area contributed by atoms with E-state index in [-0.39, 0.29) is 12.3 Å². The second-order valence-electron chi connectivity index (χ2n) is 6.80. The second-order valence-corrected chi connectivity index (χ2v) is 6.80. The van der Waals surface area contributed by atoms with Crippen LogP contribution in [0.1, 0.15) is 35.4 Å². The van der Waals surface area contributed by atoms with Crippen molar-refractivity contribution in [3.8, 4) is 11.5 Å². The predicted molar refractivity (Wildman–Crippen MR) is 105 cm³/mol. The molecule has 0 saturated heterocycles. The monoisotopic (exact) mass is 356 g/mol. The number of fused-ring (bicyclic) bond motifs is 3. The van der Waals surface area contributed by atoms with Gasteiger partial charge in [-0.15, -0.1) is 0 Å². The van der Waals surface area contributed by atoms with Gasteiger partial charge in [0, 0.05) is 17.5 Å². The Morgan fingerprint density at radius 1 is 0.963 bits per heavy atom. The van der Waals surface area contributed by atoms with E-state index in [1.54, 1.807) is 7.11 Å². The van der Waals surface area contributed by atoms with Gasteiger partial charge in [-0.05, 0) is 23.8 Å². The van der Waals surface area contributed by atoms with E-state index >= 15 is 0 Å². The Balaban J connectivity index is 1.61. The third kappa shape index (κ3) is 2.74. The number of hydrazone groups is 1. The van der Waals surface area contributed by atoms with Crippen molar-refractivity contribution in [3.05, 3.63) is 95.6 Å². The molecule has 0 bridgehead atoms. The molecule has 0 aromatic heterocycles. The van der Waals surface area contributed by atoms with Crippen molar-refractivity contribution < 1.29 is 9.47 Å². The third-order valence-electron chi connectivity index (χ3n) is 5.19. The Morgan fingerprint density at radius 3 is 2.44 bits per heavy atom. The van der Waals surface area contributed by atoms with Crippen LogP contribution in [0.3, 0.4) is 0 Å². The van der Waals surface area contributed by atoms with Crippen molar-refractivity contribution in [2.75, 3.05) is 7.11 Å². The smallest absolute Gasteiger partial charge is 0.213 e. The van der Waals surface area contributed by atoms with Gasteiger partial charge in [0.25, 0.3) is 0 Å². The summed E-state index contributed by atoms with van der Waals surface area (Å²) in [5, 5.41) is 7.07. The van der Waals surface area contributed by atoms with E-state index in [0.29, 0.717) is 0 Å². The minimum absolute atomic E-state index is 0.129. The molecule has 2 aliphatic heterocycles. The molecule has 5 rings (SSSR count). The van der Waals surface area contributed by atoms with E-state index < -0.39 is 0 Å². The summed E-state index contributed by atoms with van der Waals surface area (Å²) in [7, 11) is 1.69. The number of benzene rings is 3. The summed E-state index contributed by atoms with van der Waals surface area (Å²) in [5.41, 5.74) is 4.46. The second kappa shape index (κ2) is 6.47. The van der Waals surface area contributed by atoms with Gasteiger partial charge < -0.3 is 9.47 Å². The molecule has 0 aliphatic carbocycles. The lowest BCUT2D eigenvalue weighted by Gasteiger charge is -2.38. The maximum Gasteiger partial charge on any atom is 0.213 e. The van der Waals surface area contributed by atoms with Crippen LogP contribution in [0.15, 0.2) is 84.0 Å². The lowest BCUT2D eigenvalue weighted by molar-refractivity contribution is -0.0191. The standard InChI is InChI=1S/C23H20N2O2/c1-26-18-12-13-22-19(14-18)21-15-20(16-8-4-2-5-9-16)24-25(21)23(27-22)17-10-6-3-7-11-17/h2-14,21,23H,15H2,1H3/t21-,23+/m0/s1. The number of ether oxygens (including phenoxy) is 2. The highest BCUT2D eigenvalue weighted by Gasteiger charge is 2.41. The normalized spacial score (nSPS) is 20.3. The van der Waals surface area contributed by atoms with Gasteiger partial charge in [0.1, 0.15) is 11.5 Å². The Bertz CT molecular complexity index is 986. The third-order valence-corrected chi connectivity index (χ3v) is 5.19. The lowest BCUT2D eigenvalue weighted by atomic mass is 9.95. The zero-order valence-electron chi connectivity index (χ0n) is 15.1. The van der Waals surface area contributed by atoms with Crippen LogP contribution in [0.25, 0.3) is 0 Å². The first-order valence-corrected chi connectivity index (χ1v) is 9.14. The zero-order chi connectivity index (χ0) is 18.2. The van der Waals surface area contributed by atoms with Crippen molar-refractivity contribution >= 4 is 5.71 Å². The van der Waals surface area contributed by atoms with Crippen LogP contribution in [0.2, 0.25) is 0 Å². The topological polar surface area (TPSA) is 34.1 Å². The Morgan fingerprint density at radius 2 is 1.70 bits per heavy atom. The van der Waals surface area contributed by atoms with Crippen LogP contribution >= 0.6 is 0 Å². The molecule has 0 unspecified atom stereocenters. The fourth-order valence-corrected chi connectivity index (χ4v) is 3.83. The molecular weight excluding hydrogens is 336 g/mol. The first-order chi connectivity index (χ1) is 13.3. The molecule has 27 heavy (non-hydrogen) atoms. The molecule has 3 aromatic carbocycles. The van der Waals surface area contributed by atoms with Crippen LogP contribution in [0, 0.1) is 0 Å². The minimum atomic E-state index is -0.238. The molecule has 3 aromatic rings. The number of hydrogen-bond acceptors (Lipinski definition) is 4. The van der Waals surface area contributed by atoms with Crippen molar-refractivity contribution in [2.45, 2.75) is 18.7 Å². The molecule has 4 nitrogen and oxygen atoms in total. The quantitative estimate of drug-likeness (QED) is 0.667. The highest BCUT2D eigenvalue weighted by Crippen LogP contribution is 2.48. The number of hydrogen-bond donors (Lipinski definition) is 0. The van der Waals surface area contributed by atoms with Crippen molar-refractivity contribution in [1.29, 1.82) is 0 Å². The van der Waals surface area contributed by atoms with E-state index in [1.165, 1.54) is 0 Å². The summed E-state index contributed by atoms with van der Waals surface area (Å²) in [6, 6.07) is 26.8. The van der Waals surface area contributed by atoms with E-state index in [9.17, 15) is 0 Å². The van der Waals surface area contributed by atoms with Crippen LogP contribution in [0.4, 0.5) is 0 Å². The average Bonchev–Trinajstić information content (AvgIpc) is 3.20. The van der Waals surface area contributed by atoms with Gasteiger partial charge in [-0.1, -0.05) is 60.7 Å². The Hall–Kier alpha value is -3.27. The maximum absolute atomic E-state index is 6.38. The number of methoxy groups -OCH3 is 1. The van der Waals surface area contributed by atoms with Crippen LogP contribution in [0.5, 0.6) is 11.5 Å². The van der Waals surface area contributed by atoms with Crippen molar-refractivity contribution in [1.82, 2.24) is 5.01 Å². The predicted octanol–water partition coefficient (Wildman–Crippen LogP) is 4.94. The lowest BCUT2D eigenvalue weighted by Crippen LogP contribution is -2.33. The number of rotatable bonds is 3. The Labute approximate surface area is 158 Å². The molecule has 2 heterocycles. The molecule has 0 saturated carbocycles. The van der Waals surface area contributed by atoms with Gasteiger partial charge in [0.05, 0.1) is 18.9 Å². The van der Waals surface area contributed by atoms with Crippen molar-refractivity contribution in [2.24, 2.45) is 5.10 Å². The SMILES string of the molecule is COc1ccc2c(c1)[C@@H]1CC(c3ccccc3)=NN1[C@@H](c1ccccc1)O2. The van der Waals surface area contributed by atoms with E-state index in [1.807, 2.05) is 36.4 Å². The summed E-state index contributed by atoms with van der Waals surface area (Å²) in [4.78, 5) is 0. The Kier molecular flexibility index (Phi) is 3.82. The van der Waals surface area contributed by atoms with E-state index in [0.717, 1.165) is 40.3 Å². The highest BCUT2D eigenvalue weighted by molar-refractivity contribution is 6.01. The molecule has 0 amide bonds. The first kappa shape index (κ1) is 15.9. The van der Waals surface area contributed by atoms with Crippen LogP contribution in [-0.2, 0) is 0 Å². The maximum atomic E-state index is 6.38. The molecule has 2 aliphatic rings. The molecule has 0 fully saturated rings. The van der Waals surface area contributed by atoms with Gasteiger partial charge in [-0.25, -0.2) is 5.01 Å². The summed E-state index contributed by atoms with van der Waals surface area (Å²) >= 11 is 0.